The Morgan fingerprint density at radius 3 is 2.45 bits per heavy atom. The molecule has 1 heterocycles. The normalized spacial score (nSPS) is 11.6. The van der Waals surface area contributed by atoms with E-state index in [2.05, 4.69) is 15.4 Å². The van der Waals surface area contributed by atoms with Gasteiger partial charge >= 0.3 is 6.61 Å². The third kappa shape index (κ3) is 7.28. The smallest absolute Gasteiger partial charge is 0.387 e. The van der Waals surface area contributed by atoms with Gasteiger partial charge in [0.05, 0.1) is 12.0 Å². The van der Waals surface area contributed by atoms with Crippen molar-refractivity contribution in [3.05, 3.63) is 82.0 Å². The lowest BCUT2D eigenvalue weighted by atomic mass is 10.0. The lowest BCUT2D eigenvalue weighted by Crippen LogP contribution is -2.48. The second-order valence-electron chi connectivity index (χ2n) is 7.10. The van der Waals surface area contributed by atoms with Gasteiger partial charge in [-0.3, -0.25) is 9.59 Å². The van der Waals surface area contributed by atoms with Crippen LogP contribution in [0.3, 0.4) is 0 Å². The van der Waals surface area contributed by atoms with Crippen LogP contribution >= 0.6 is 11.3 Å². The second-order valence-corrected chi connectivity index (χ2v) is 8.05. The highest BCUT2D eigenvalue weighted by molar-refractivity contribution is 7.12. The van der Waals surface area contributed by atoms with Crippen LogP contribution in [0, 0.1) is 0 Å². The minimum Gasteiger partial charge on any atom is -0.493 e. The van der Waals surface area contributed by atoms with E-state index in [4.69, 9.17) is 4.74 Å². The van der Waals surface area contributed by atoms with Gasteiger partial charge in [-0.25, -0.2) is 0 Å². The fourth-order valence-corrected chi connectivity index (χ4v) is 3.84. The molecule has 0 aliphatic heterocycles. The summed E-state index contributed by atoms with van der Waals surface area (Å²) in [5.41, 5.74) is 1.69. The molecule has 0 radical (unpaired) electrons. The Labute approximate surface area is 194 Å². The average molecular weight is 475 g/mol. The molecule has 0 aliphatic rings. The average Bonchev–Trinajstić information content (AvgIpc) is 3.35. The SMILES string of the molecule is COc1cc(CCNC(=O)[C@H](Cc2ccccc2)NC(=O)c2cccs2)ccc1OC(F)F. The summed E-state index contributed by atoms with van der Waals surface area (Å²) in [5, 5.41) is 7.45. The van der Waals surface area contributed by atoms with Gasteiger partial charge in [0.2, 0.25) is 5.91 Å². The largest absolute Gasteiger partial charge is 0.493 e. The molecule has 0 bridgehead atoms. The first kappa shape index (κ1) is 24.2. The fraction of sp³-hybridized carbons (Fsp3) is 0.250. The molecule has 3 aromatic rings. The molecular formula is C24H24F2N2O4S. The Morgan fingerprint density at radius 2 is 1.79 bits per heavy atom. The molecule has 0 aliphatic carbocycles. The third-order valence-corrected chi connectivity index (χ3v) is 5.68. The van der Waals surface area contributed by atoms with Crippen LogP contribution in [0.25, 0.3) is 0 Å². The first-order chi connectivity index (χ1) is 16.0. The van der Waals surface area contributed by atoms with Gasteiger partial charge in [0, 0.05) is 13.0 Å². The maximum absolute atomic E-state index is 12.9. The van der Waals surface area contributed by atoms with Gasteiger partial charge in [-0.05, 0) is 41.1 Å². The molecule has 9 heteroatoms. The zero-order chi connectivity index (χ0) is 23.6. The number of alkyl halides is 2. The van der Waals surface area contributed by atoms with E-state index in [1.54, 1.807) is 29.6 Å². The molecular weight excluding hydrogens is 450 g/mol. The van der Waals surface area contributed by atoms with Crippen molar-refractivity contribution in [3.63, 3.8) is 0 Å². The number of hydrogen-bond donors (Lipinski definition) is 2. The number of ether oxygens (including phenoxy) is 2. The molecule has 1 atom stereocenters. The van der Waals surface area contributed by atoms with Crippen molar-refractivity contribution in [1.82, 2.24) is 10.6 Å². The molecule has 2 N–H and O–H groups in total. The first-order valence-electron chi connectivity index (χ1n) is 10.2. The molecule has 0 unspecified atom stereocenters. The standard InChI is InChI=1S/C24H24F2N2O4S/c1-31-20-15-17(9-10-19(20)32-24(25)26)11-12-27-22(29)18(14-16-6-3-2-4-7-16)28-23(30)21-8-5-13-33-21/h2-10,13,15,18,24H,11-12,14H2,1H3,(H,27,29)(H,28,30)/t18-/m0/s1. The molecule has 2 amide bonds. The molecule has 174 valence electrons. The minimum absolute atomic E-state index is 0.0560. The number of carbonyl (C=O) groups excluding carboxylic acids is 2. The van der Waals surface area contributed by atoms with E-state index in [0.717, 1.165) is 11.1 Å². The summed E-state index contributed by atoms with van der Waals surface area (Å²) in [6.07, 6.45) is 0.783. The van der Waals surface area contributed by atoms with Crippen molar-refractivity contribution in [1.29, 1.82) is 0 Å². The van der Waals surface area contributed by atoms with E-state index in [0.29, 0.717) is 17.7 Å². The van der Waals surface area contributed by atoms with Crippen molar-refractivity contribution in [3.8, 4) is 11.5 Å². The number of rotatable bonds is 11. The predicted molar refractivity (Wildman–Crippen MR) is 122 cm³/mol. The molecule has 3 rings (SSSR count). The summed E-state index contributed by atoms with van der Waals surface area (Å²) in [6.45, 7) is -2.66. The minimum atomic E-state index is -2.95. The van der Waals surface area contributed by atoms with Gasteiger partial charge < -0.3 is 20.1 Å². The molecule has 0 saturated carbocycles. The maximum atomic E-state index is 12.9. The van der Waals surface area contributed by atoms with Crippen molar-refractivity contribution < 1.29 is 27.8 Å². The highest BCUT2D eigenvalue weighted by atomic mass is 32.1. The van der Waals surface area contributed by atoms with E-state index >= 15 is 0 Å². The fourth-order valence-electron chi connectivity index (χ4n) is 3.21. The molecule has 0 saturated heterocycles. The quantitative estimate of drug-likeness (QED) is 0.440. The van der Waals surface area contributed by atoms with Gasteiger partial charge in [-0.15, -0.1) is 11.3 Å². The van der Waals surface area contributed by atoms with Crippen LogP contribution in [0.5, 0.6) is 11.5 Å². The molecule has 0 fully saturated rings. The lowest BCUT2D eigenvalue weighted by molar-refractivity contribution is -0.122. The monoisotopic (exact) mass is 474 g/mol. The van der Waals surface area contributed by atoms with Crippen molar-refractivity contribution in [2.24, 2.45) is 0 Å². The summed E-state index contributed by atoms with van der Waals surface area (Å²) in [4.78, 5) is 25.9. The molecule has 2 aromatic carbocycles. The number of benzene rings is 2. The van der Waals surface area contributed by atoms with Crippen LogP contribution in [0.15, 0.2) is 66.0 Å². The Bertz CT molecular complexity index is 1050. The summed E-state index contributed by atoms with van der Waals surface area (Å²) < 4.78 is 34.5. The van der Waals surface area contributed by atoms with Gasteiger partial charge in [0.1, 0.15) is 6.04 Å². The van der Waals surface area contributed by atoms with Crippen LogP contribution in [-0.2, 0) is 17.6 Å². The van der Waals surface area contributed by atoms with Crippen molar-refractivity contribution in [2.45, 2.75) is 25.5 Å². The van der Waals surface area contributed by atoms with E-state index in [1.807, 2.05) is 30.3 Å². The first-order valence-corrected chi connectivity index (χ1v) is 11.1. The summed E-state index contributed by atoms with van der Waals surface area (Å²) in [6, 6.07) is 16.8. The Hall–Kier alpha value is -3.46. The number of thiophene rings is 1. The Kier molecular flexibility index (Phi) is 8.77. The van der Waals surface area contributed by atoms with Crippen LogP contribution in [0.1, 0.15) is 20.8 Å². The van der Waals surface area contributed by atoms with Crippen LogP contribution in [-0.4, -0.2) is 38.1 Å². The number of hydrogen-bond acceptors (Lipinski definition) is 5. The van der Waals surface area contributed by atoms with E-state index in [-0.39, 0.29) is 29.9 Å². The summed E-state index contributed by atoms with van der Waals surface area (Å²) >= 11 is 1.30. The molecule has 1 aromatic heterocycles. The predicted octanol–water partition coefficient (Wildman–Crippen LogP) is 4.06. The Morgan fingerprint density at radius 1 is 1.00 bits per heavy atom. The van der Waals surface area contributed by atoms with E-state index in [9.17, 15) is 18.4 Å². The Balaban J connectivity index is 1.62. The van der Waals surface area contributed by atoms with Gasteiger partial charge in [0.15, 0.2) is 11.5 Å². The second kappa shape index (κ2) is 12.0. The summed E-state index contributed by atoms with van der Waals surface area (Å²) in [7, 11) is 1.36. The number of amides is 2. The van der Waals surface area contributed by atoms with Gasteiger partial charge in [-0.2, -0.15) is 8.78 Å². The number of carbonyl (C=O) groups is 2. The topological polar surface area (TPSA) is 76.7 Å². The summed E-state index contributed by atoms with van der Waals surface area (Å²) in [5.74, 6) is -0.488. The molecule has 6 nitrogen and oxygen atoms in total. The van der Waals surface area contributed by atoms with Crippen LogP contribution in [0.2, 0.25) is 0 Å². The van der Waals surface area contributed by atoms with Crippen LogP contribution < -0.4 is 20.1 Å². The van der Waals surface area contributed by atoms with Gasteiger partial charge in [0.25, 0.3) is 5.91 Å². The van der Waals surface area contributed by atoms with Crippen LogP contribution in [0.4, 0.5) is 8.78 Å². The maximum Gasteiger partial charge on any atom is 0.387 e. The zero-order valence-electron chi connectivity index (χ0n) is 17.9. The highest BCUT2D eigenvalue weighted by Gasteiger charge is 2.22. The van der Waals surface area contributed by atoms with Gasteiger partial charge in [-0.1, -0.05) is 42.5 Å². The third-order valence-electron chi connectivity index (χ3n) is 4.81. The van der Waals surface area contributed by atoms with Crippen molar-refractivity contribution in [2.75, 3.05) is 13.7 Å². The number of methoxy groups -OCH3 is 1. The number of nitrogens with one attached hydrogen (secondary N) is 2. The van der Waals surface area contributed by atoms with Crippen molar-refractivity contribution >= 4 is 23.2 Å². The van der Waals surface area contributed by atoms with E-state index in [1.165, 1.54) is 24.5 Å². The highest BCUT2D eigenvalue weighted by Crippen LogP contribution is 2.29. The number of halogens is 2. The zero-order valence-corrected chi connectivity index (χ0v) is 18.7. The molecule has 33 heavy (non-hydrogen) atoms. The molecule has 0 spiro atoms. The lowest BCUT2D eigenvalue weighted by Gasteiger charge is -2.18. The van der Waals surface area contributed by atoms with E-state index < -0.39 is 12.7 Å².